The van der Waals surface area contributed by atoms with Gasteiger partial charge in [0, 0.05) is 13.2 Å². The van der Waals surface area contributed by atoms with Crippen molar-refractivity contribution in [1.29, 1.82) is 0 Å². The predicted molar refractivity (Wildman–Crippen MR) is 76.7 cm³/mol. The summed E-state index contributed by atoms with van der Waals surface area (Å²) in [4.78, 5) is 19.5. The molecule has 1 aliphatic rings. The monoisotopic (exact) mass is 294 g/mol. The van der Waals surface area contributed by atoms with E-state index < -0.39 is 5.54 Å². The Labute approximate surface area is 120 Å². The summed E-state index contributed by atoms with van der Waals surface area (Å²) < 4.78 is 5.23. The molecule has 6 nitrogen and oxygen atoms in total. The Bertz CT molecular complexity index is 649. The van der Waals surface area contributed by atoms with Gasteiger partial charge in [0.1, 0.15) is 11.1 Å². The summed E-state index contributed by atoms with van der Waals surface area (Å²) in [5.41, 5.74) is 6.61. The summed E-state index contributed by atoms with van der Waals surface area (Å²) in [7, 11) is 0. The summed E-state index contributed by atoms with van der Waals surface area (Å²) in [5, 5.41) is 3.26. The summed E-state index contributed by atoms with van der Waals surface area (Å²) in [6, 6.07) is 5.41. The lowest BCUT2D eigenvalue weighted by atomic mass is 9.90. The molecule has 2 aromatic rings. The molecule has 1 saturated heterocycles. The number of carbonyl (C=O) groups excluding carboxylic acids is 1. The number of ether oxygens (including phenoxy) is 1. The molecule has 3 rings (SSSR count). The average molecular weight is 295 g/mol. The third kappa shape index (κ3) is 2.37. The normalized spacial score (nSPS) is 18.1. The Morgan fingerprint density at radius 1 is 1.45 bits per heavy atom. The zero-order valence-electron chi connectivity index (χ0n) is 10.8. The number of H-pyrrole nitrogens is 1. The van der Waals surface area contributed by atoms with E-state index in [1.807, 2.05) is 12.1 Å². The van der Waals surface area contributed by atoms with Crippen LogP contribution < -0.4 is 11.1 Å². The van der Waals surface area contributed by atoms with Crippen LogP contribution in [-0.4, -0.2) is 34.6 Å². The SMILES string of the molecule is NC1(C(=O)Nc2nc3c(Cl)cccc3[nH]2)CCOCC1. The third-order valence-corrected chi connectivity index (χ3v) is 3.84. The minimum Gasteiger partial charge on any atom is -0.381 e. The van der Waals surface area contributed by atoms with Gasteiger partial charge in [0.2, 0.25) is 11.9 Å². The summed E-state index contributed by atoms with van der Waals surface area (Å²) in [6.45, 7) is 0.992. The molecule has 0 aliphatic carbocycles. The molecule has 20 heavy (non-hydrogen) atoms. The average Bonchev–Trinajstić information content (AvgIpc) is 2.83. The fourth-order valence-corrected chi connectivity index (χ4v) is 2.47. The largest absolute Gasteiger partial charge is 0.381 e. The predicted octanol–water partition coefficient (Wildman–Crippen LogP) is 1.66. The lowest BCUT2D eigenvalue weighted by molar-refractivity contribution is -0.124. The number of nitrogens with zero attached hydrogens (tertiary/aromatic N) is 1. The fraction of sp³-hybridized carbons (Fsp3) is 0.385. The van der Waals surface area contributed by atoms with Crippen LogP contribution in [0.2, 0.25) is 5.02 Å². The standard InChI is InChI=1S/C13H15ClN4O2/c14-8-2-1-3-9-10(8)17-12(16-9)18-11(19)13(15)4-6-20-7-5-13/h1-3H,4-7,15H2,(H2,16,17,18,19). The number of benzene rings is 1. The van der Waals surface area contributed by atoms with E-state index in [4.69, 9.17) is 22.1 Å². The van der Waals surface area contributed by atoms with E-state index in [-0.39, 0.29) is 5.91 Å². The molecule has 0 spiro atoms. The number of anilines is 1. The first-order chi connectivity index (χ1) is 9.58. The van der Waals surface area contributed by atoms with Crippen LogP contribution in [0.15, 0.2) is 18.2 Å². The van der Waals surface area contributed by atoms with Crippen molar-refractivity contribution in [2.45, 2.75) is 18.4 Å². The highest BCUT2D eigenvalue weighted by Gasteiger charge is 2.36. The van der Waals surface area contributed by atoms with E-state index in [1.54, 1.807) is 6.07 Å². The zero-order chi connectivity index (χ0) is 14.2. The Hall–Kier alpha value is -1.63. The molecule has 1 fully saturated rings. The fourth-order valence-electron chi connectivity index (χ4n) is 2.25. The van der Waals surface area contributed by atoms with Crippen molar-refractivity contribution in [1.82, 2.24) is 9.97 Å². The molecule has 1 aromatic heterocycles. The highest BCUT2D eigenvalue weighted by Crippen LogP contribution is 2.24. The number of amides is 1. The van der Waals surface area contributed by atoms with Gasteiger partial charge in [-0.3, -0.25) is 10.1 Å². The molecular formula is C13H15ClN4O2. The van der Waals surface area contributed by atoms with E-state index in [9.17, 15) is 4.79 Å². The van der Waals surface area contributed by atoms with Crippen LogP contribution in [-0.2, 0) is 9.53 Å². The van der Waals surface area contributed by atoms with Crippen molar-refractivity contribution in [2.75, 3.05) is 18.5 Å². The minimum absolute atomic E-state index is 0.254. The van der Waals surface area contributed by atoms with Crippen LogP contribution in [0.25, 0.3) is 11.0 Å². The van der Waals surface area contributed by atoms with Crippen molar-refractivity contribution in [3.8, 4) is 0 Å². The Morgan fingerprint density at radius 3 is 2.90 bits per heavy atom. The molecular weight excluding hydrogens is 280 g/mol. The molecule has 0 unspecified atom stereocenters. The number of aromatic amines is 1. The van der Waals surface area contributed by atoms with Gasteiger partial charge < -0.3 is 15.5 Å². The summed E-state index contributed by atoms with van der Waals surface area (Å²) in [5.74, 6) is 0.102. The van der Waals surface area contributed by atoms with E-state index in [0.29, 0.717) is 42.5 Å². The number of carbonyl (C=O) groups is 1. The Balaban J connectivity index is 1.82. The van der Waals surface area contributed by atoms with Gasteiger partial charge in [0.25, 0.3) is 0 Å². The van der Waals surface area contributed by atoms with Gasteiger partial charge in [-0.2, -0.15) is 0 Å². The second-order valence-electron chi connectivity index (χ2n) is 4.94. The number of halogens is 1. The molecule has 106 valence electrons. The lowest BCUT2D eigenvalue weighted by Crippen LogP contribution is -2.54. The Kier molecular flexibility index (Phi) is 3.37. The maximum atomic E-state index is 12.3. The van der Waals surface area contributed by atoms with Crippen LogP contribution in [0.5, 0.6) is 0 Å². The molecule has 7 heteroatoms. The number of hydrogen-bond acceptors (Lipinski definition) is 4. The first-order valence-corrected chi connectivity index (χ1v) is 6.79. The molecule has 0 radical (unpaired) electrons. The van der Waals surface area contributed by atoms with E-state index in [2.05, 4.69) is 15.3 Å². The summed E-state index contributed by atoms with van der Waals surface area (Å²) in [6.07, 6.45) is 1.000. The molecule has 4 N–H and O–H groups in total. The first kappa shape index (κ1) is 13.4. The van der Waals surface area contributed by atoms with Crippen LogP contribution >= 0.6 is 11.6 Å². The molecule has 0 atom stereocenters. The second-order valence-corrected chi connectivity index (χ2v) is 5.35. The van der Waals surface area contributed by atoms with Crippen molar-refractivity contribution in [3.63, 3.8) is 0 Å². The van der Waals surface area contributed by atoms with E-state index in [1.165, 1.54) is 0 Å². The molecule has 2 heterocycles. The molecule has 1 aromatic carbocycles. The lowest BCUT2D eigenvalue weighted by Gasteiger charge is -2.31. The number of aromatic nitrogens is 2. The van der Waals surface area contributed by atoms with Gasteiger partial charge in [-0.25, -0.2) is 4.98 Å². The quantitative estimate of drug-likeness (QED) is 0.785. The highest BCUT2D eigenvalue weighted by atomic mass is 35.5. The number of para-hydroxylation sites is 1. The Morgan fingerprint density at radius 2 is 2.20 bits per heavy atom. The van der Waals surface area contributed by atoms with Crippen LogP contribution in [0.4, 0.5) is 5.95 Å². The zero-order valence-corrected chi connectivity index (χ0v) is 11.5. The molecule has 0 bridgehead atoms. The van der Waals surface area contributed by atoms with Gasteiger partial charge in [-0.15, -0.1) is 0 Å². The third-order valence-electron chi connectivity index (χ3n) is 3.53. The van der Waals surface area contributed by atoms with Crippen molar-refractivity contribution < 1.29 is 9.53 Å². The van der Waals surface area contributed by atoms with Crippen molar-refractivity contribution in [2.24, 2.45) is 5.73 Å². The number of nitrogens with one attached hydrogen (secondary N) is 2. The molecule has 1 aliphatic heterocycles. The topological polar surface area (TPSA) is 93.0 Å². The van der Waals surface area contributed by atoms with Gasteiger partial charge in [0.15, 0.2) is 0 Å². The maximum absolute atomic E-state index is 12.3. The smallest absolute Gasteiger partial charge is 0.246 e. The maximum Gasteiger partial charge on any atom is 0.246 e. The number of fused-ring (bicyclic) bond motifs is 1. The second kappa shape index (κ2) is 5.05. The number of hydrogen-bond donors (Lipinski definition) is 3. The van der Waals surface area contributed by atoms with Crippen LogP contribution in [0.3, 0.4) is 0 Å². The van der Waals surface area contributed by atoms with Crippen LogP contribution in [0.1, 0.15) is 12.8 Å². The van der Waals surface area contributed by atoms with E-state index >= 15 is 0 Å². The van der Waals surface area contributed by atoms with Gasteiger partial charge in [-0.05, 0) is 25.0 Å². The van der Waals surface area contributed by atoms with E-state index in [0.717, 1.165) is 5.52 Å². The number of imidazole rings is 1. The molecule has 1 amide bonds. The molecule has 0 saturated carbocycles. The first-order valence-electron chi connectivity index (χ1n) is 6.41. The number of rotatable bonds is 2. The minimum atomic E-state index is -0.902. The number of nitrogens with two attached hydrogens (primary N) is 1. The van der Waals surface area contributed by atoms with Gasteiger partial charge in [0.05, 0.1) is 10.5 Å². The van der Waals surface area contributed by atoms with Gasteiger partial charge >= 0.3 is 0 Å². The van der Waals surface area contributed by atoms with Crippen molar-refractivity contribution in [3.05, 3.63) is 23.2 Å². The van der Waals surface area contributed by atoms with Crippen molar-refractivity contribution >= 4 is 34.5 Å². The van der Waals surface area contributed by atoms with Gasteiger partial charge in [-0.1, -0.05) is 17.7 Å². The highest BCUT2D eigenvalue weighted by molar-refractivity contribution is 6.35. The van der Waals surface area contributed by atoms with Crippen LogP contribution in [0, 0.1) is 0 Å². The summed E-state index contributed by atoms with van der Waals surface area (Å²) >= 11 is 6.05.